The van der Waals surface area contributed by atoms with E-state index in [2.05, 4.69) is 16.6 Å². The molecule has 0 saturated carbocycles. The fourth-order valence-electron chi connectivity index (χ4n) is 4.11. The summed E-state index contributed by atoms with van der Waals surface area (Å²) in [4.78, 5) is 51.0. The van der Waals surface area contributed by atoms with Crippen molar-refractivity contribution in [3.8, 4) is 12.3 Å². The first-order valence-corrected chi connectivity index (χ1v) is 12.2. The number of amides is 2. The van der Waals surface area contributed by atoms with Crippen molar-refractivity contribution in [3.63, 3.8) is 0 Å². The molecular weight excluding hydrogens is 438 g/mol. The summed E-state index contributed by atoms with van der Waals surface area (Å²) in [6, 6.07) is -0.843. The number of carbonyl (C=O) groups is 4. The summed E-state index contributed by atoms with van der Waals surface area (Å²) in [5, 5.41) is 6.04. The lowest BCUT2D eigenvalue weighted by Gasteiger charge is -2.33. The Morgan fingerprint density at radius 1 is 1.15 bits per heavy atom. The predicted octanol–water partition coefficient (Wildman–Crippen LogP) is 1.60. The van der Waals surface area contributed by atoms with E-state index < -0.39 is 30.2 Å². The van der Waals surface area contributed by atoms with Crippen LogP contribution in [0.3, 0.4) is 0 Å². The highest BCUT2D eigenvalue weighted by molar-refractivity contribution is 5.82. The van der Waals surface area contributed by atoms with E-state index in [4.69, 9.17) is 15.9 Å². The zero-order valence-corrected chi connectivity index (χ0v) is 20.7. The highest BCUT2D eigenvalue weighted by Gasteiger charge is 2.30. The van der Waals surface area contributed by atoms with Crippen molar-refractivity contribution in [1.82, 2.24) is 15.5 Å². The van der Waals surface area contributed by atoms with Gasteiger partial charge in [0, 0.05) is 19.5 Å². The first-order chi connectivity index (χ1) is 16.1. The number of hydrogen-bond donors (Lipinski definition) is 2. The highest BCUT2D eigenvalue weighted by Crippen LogP contribution is 2.22. The Kier molecular flexibility index (Phi) is 10.8. The van der Waals surface area contributed by atoms with Gasteiger partial charge in [-0.05, 0) is 71.9 Å². The summed E-state index contributed by atoms with van der Waals surface area (Å²) < 4.78 is 9.81. The standard InChI is InChI=1S/C25H39N3O6/c1-5-20(15-22(30)33-17-34-24(32)25(2,3)4)27-23(31)19-7-6-14-28(16-19)21(29)9-8-18-10-12-26-13-11-18/h1,18-20,26H,6-17H2,2-4H3,(H,27,31)/t19-,20?/m1/s1. The molecule has 34 heavy (non-hydrogen) atoms. The second-order valence-corrected chi connectivity index (χ2v) is 10.2. The zero-order valence-electron chi connectivity index (χ0n) is 20.7. The number of rotatable bonds is 9. The number of hydrogen-bond acceptors (Lipinski definition) is 7. The van der Waals surface area contributed by atoms with Gasteiger partial charge in [0.1, 0.15) is 6.04 Å². The molecule has 2 N–H and O–H groups in total. The van der Waals surface area contributed by atoms with Crippen LogP contribution in [0, 0.1) is 29.6 Å². The van der Waals surface area contributed by atoms with E-state index in [0.717, 1.165) is 38.8 Å². The Bertz CT molecular complexity index is 764. The van der Waals surface area contributed by atoms with Crippen LogP contribution in [0.5, 0.6) is 0 Å². The maximum absolute atomic E-state index is 12.8. The van der Waals surface area contributed by atoms with E-state index in [9.17, 15) is 19.2 Å². The molecule has 0 aromatic heterocycles. The van der Waals surface area contributed by atoms with Gasteiger partial charge in [0.15, 0.2) is 0 Å². The minimum atomic E-state index is -0.843. The van der Waals surface area contributed by atoms with Gasteiger partial charge in [-0.25, -0.2) is 0 Å². The summed E-state index contributed by atoms with van der Waals surface area (Å²) in [5.41, 5.74) is -0.704. The second-order valence-electron chi connectivity index (χ2n) is 10.2. The molecule has 2 saturated heterocycles. The van der Waals surface area contributed by atoms with Gasteiger partial charge < -0.3 is 25.0 Å². The molecule has 2 aliphatic rings. The first kappa shape index (κ1) is 27.6. The number of piperidine rings is 2. The first-order valence-electron chi connectivity index (χ1n) is 12.2. The average Bonchev–Trinajstić information content (AvgIpc) is 2.82. The smallest absolute Gasteiger partial charge is 0.314 e. The number of esters is 2. The zero-order chi connectivity index (χ0) is 25.1. The molecule has 0 aliphatic carbocycles. The van der Waals surface area contributed by atoms with Crippen molar-refractivity contribution in [2.24, 2.45) is 17.3 Å². The number of ether oxygens (including phenoxy) is 2. The molecule has 2 atom stereocenters. The van der Waals surface area contributed by atoms with Crippen LogP contribution in [0.4, 0.5) is 0 Å². The average molecular weight is 478 g/mol. The van der Waals surface area contributed by atoms with Gasteiger partial charge in [0.2, 0.25) is 18.6 Å². The van der Waals surface area contributed by atoms with Crippen molar-refractivity contribution >= 4 is 23.8 Å². The van der Waals surface area contributed by atoms with Crippen LogP contribution >= 0.6 is 0 Å². The number of nitrogens with zero attached hydrogens (tertiary/aromatic N) is 1. The lowest BCUT2D eigenvalue weighted by Crippen LogP contribution is -2.47. The van der Waals surface area contributed by atoms with Gasteiger partial charge >= 0.3 is 11.9 Å². The van der Waals surface area contributed by atoms with Crippen LogP contribution in [0.1, 0.15) is 65.7 Å². The SMILES string of the molecule is C#CC(CC(=O)OCOC(=O)C(C)(C)C)NC(=O)[C@@H]1CCCN(C(=O)CCC2CCNCC2)C1. The quantitative estimate of drug-likeness (QED) is 0.295. The number of terminal acetylenes is 1. The lowest BCUT2D eigenvalue weighted by atomic mass is 9.92. The van der Waals surface area contributed by atoms with Gasteiger partial charge in [-0.3, -0.25) is 19.2 Å². The summed E-state index contributed by atoms with van der Waals surface area (Å²) in [6.07, 6.45) is 10.3. The van der Waals surface area contributed by atoms with Gasteiger partial charge in [-0.2, -0.15) is 0 Å². The Hall–Kier alpha value is -2.60. The van der Waals surface area contributed by atoms with Gasteiger partial charge in [0.25, 0.3) is 0 Å². The molecule has 2 fully saturated rings. The lowest BCUT2D eigenvalue weighted by molar-refractivity contribution is -0.173. The van der Waals surface area contributed by atoms with Crippen molar-refractivity contribution in [2.75, 3.05) is 33.0 Å². The normalized spacial score (nSPS) is 20.1. The van der Waals surface area contributed by atoms with E-state index in [-0.39, 0.29) is 24.2 Å². The molecule has 190 valence electrons. The van der Waals surface area contributed by atoms with Gasteiger partial charge in [-0.1, -0.05) is 5.92 Å². The molecule has 2 rings (SSSR count). The predicted molar refractivity (Wildman–Crippen MR) is 126 cm³/mol. The number of likely N-dealkylation sites (tertiary alicyclic amines) is 1. The van der Waals surface area contributed by atoms with Crippen LogP contribution in [0.15, 0.2) is 0 Å². The molecule has 1 unspecified atom stereocenters. The molecule has 2 heterocycles. The van der Waals surface area contributed by atoms with Crippen LogP contribution < -0.4 is 10.6 Å². The van der Waals surface area contributed by atoms with Crippen molar-refractivity contribution < 1.29 is 28.7 Å². The third-order valence-electron chi connectivity index (χ3n) is 6.28. The molecule has 0 radical (unpaired) electrons. The van der Waals surface area contributed by atoms with E-state index in [1.54, 1.807) is 25.7 Å². The molecular formula is C25H39N3O6. The monoisotopic (exact) mass is 477 g/mol. The third-order valence-corrected chi connectivity index (χ3v) is 6.28. The molecule has 2 amide bonds. The maximum Gasteiger partial charge on any atom is 0.314 e. The molecule has 0 aromatic rings. The molecule has 0 aromatic carbocycles. The molecule has 9 nitrogen and oxygen atoms in total. The topological polar surface area (TPSA) is 114 Å². The van der Waals surface area contributed by atoms with Crippen LogP contribution in [-0.2, 0) is 28.7 Å². The van der Waals surface area contributed by atoms with Gasteiger partial charge in [-0.15, -0.1) is 6.42 Å². The summed E-state index contributed by atoms with van der Waals surface area (Å²) in [7, 11) is 0. The molecule has 9 heteroatoms. The van der Waals surface area contributed by atoms with Crippen molar-refractivity contribution in [3.05, 3.63) is 0 Å². The maximum atomic E-state index is 12.8. The Labute approximate surface area is 202 Å². The van der Waals surface area contributed by atoms with E-state index >= 15 is 0 Å². The van der Waals surface area contributed by atoms with Crippen molar-refractivity contribution in [2.45, 2.75) is 71.8 Å². The van der Waals surface area contributed by atoms with Crippen LogP contribution in [-0.4, -0.2) is 67.7 Å². The largest absolute Gasteiger partial charge is 0.428 e. The number of carbonyl (C=O) groups excluding carboxylic acids is 4. The van der Waals surface area contributed by atoms with E-state index in [1.165, 1.54) is 0 Å². The highest BCUT2D eigenvalue weighted by atomic mass is 16.7. The van der Waals surface area contributed by atoms with E-state index in [0.29, 0.717) is 31.8 Å². The molecule has 2 aliphatic heterocycles. The second kappa shape index (κ2) is 13.3. The van der Waals surface area contributed by atoms with Gasteiger partial charge in [0.05, 0.1) is 17.8 Å². The summed E-state index contributed by atoms with van der Waals surface area (Å²) in [6.45, 7) is 7.61. The fraction of sp³-hybridized carbons (Fsp3) is 0.760. The minimum Gasteiger partial charge on any atom is -0.428 e. The third kappa shape index (κ3) is 9.34. The Morgan fingerprint density at radius 2 is 1.85 bits per heavy atom. The van der Waals surface area contributed by atoms with Crippen LogP contribution in [0.2, 0.25) is 0 Å². The summed E-state index contributed by atoms with van der Waals surface area (Å²) in [5.74, 6) is 1.27. The number of nitrogens with one attached hydrogen (secondary N) is 2. The Morgan fingerprint density at radius 3 is 2.50 bits per heavy atom. The minimum absolute atomic E-state index is 0.0953. The summed E-state index contributed by atoms with van der Waals surface area (Å²) >= 11 is 0. The molecule has 0 bridgehead atoms. The van der Waals surface area contributed by atoms with Crippen molar-refractivity contribution in [1.29, 1.82) is 0 Å². The van der Waals surface area contributed by atoms with Crippen LogP contribution in [0.25, 0.3) is 0 Å². The Balaban J connectivity index is 1.74. The fourth-order valence-corrected chi connectivity index (χ4v) is 4.11. The van der Waals surface area contributed by atoms with E-state index in [1.807, 2.05) is 0 Å². The molecule has 0 spiro atoms.